The van der Waals surface area contributed by atoms with Gasteiger partial charge >= 0.3 is 5.69 Å². The third-order valence-corrected chi connectivity index (χ3v) is 9.25. The van der Waals surface area contributed by atoms with Gasteiger partial charge in [-0.1, -0.05) is 13.0 Å². The summed E-state index contributed by atoms with van der Waals surface area (Å²) in [5.74, 6) is -0.877. The van der Waals surface area contributed by atoms with Crippen LogP contribution in [0.3, 0.4) is 0 Å². The molecule has 0 unspecified atom stereocenters. The monoisotopic (exact) mass is 607 g/mol. The quantitative estimate of drug-likeness (QED) is 0.309. The highest BCUT2D eigenvalue weighted by molar-refractivity contribution is 7.90. The fourth-order valence-electron chi connectivity index (χ4n) is 5.74. The van der Waals surface area contributed by atoms with Crippen molar-refractivity contribution < 1.29 is 17.6 Å². The molecule has 1 aliphatic heterocycles. The van der Waals surface area contributed by atoms with Crippen LogP contribution < -0.4 is 16.3 Å². The molecular formula is C28H30FN9O4S. The van der Waals surface area contributed by atoms with E-state index in [0.717, 1.165) is 30.1 Å². The molecule has 13 nitrogen and oxygen atoms in total. The fourth-order valence-corrected chi connectivity index (χ4v) is 6.60. The van der Waals surface area contributed by atoms with E-state index in [0.29, 0.717) is 25.3 Å². The molecule has 1 atom stereocenters. The van der Waals surface area contributed by atoms with E-state index in [9.17, 15) is 18.0 Å². The van der Waals surface area contributed by atoms with Gasteiger partial charge in [0.05, 0.1) is 33.5 Å². The van der Waals surface area contributed by atoms with E-state index in [4.69, 9.17) is 5.73 Å². The van der Waals surface area contributed by atoms with Gasteiger partial charge in [0.25, 0.3) is 0 Å². The molecule has 0 bridgehead atoms. The number of carbonyl (C=O) groups excluding carboxylic acids is 1. The van der Waals surface area contributed by atoms with Crippen LogP contribution in [0.15, 0.2) is 46.9 Å². The first-order valence-corrected chi connectivity index (χ1v) is 15.7. The molecule has 6 rings (SSSR count). The Bertz CT molecular complexity index is 1950. The van der Waals surface area contributed by atoms with E-state index in [2.05, 4.69) is 31.7 Å². The number of sulfone groups is 1. The summed E-state index contributed by atoms with van der Waals surface area (Å²) >= 11 is 0. The molecule has 3 N–H and O–H groups in total. The Morgan fingerprint density at radius 1 is 1.26 bits per heavy atom. The molecule has 1 aliphatic carbocycles. The Kier molecular flexibility index (Phi) is 6.99. The standard InChI is InChI=1S/C28H30FN9O4S/c1-4-21(39)36-10-11-37(15(2)14-36)26-17-12-18(29)23(24-19(30)13-32-35-24)33-27(17)38(28(40)34-26)25-20(43(3,41)42)8-9-31-22(25)16-6-5-7-16/h4,8-9,12-13,15-16H,1,5-7,10-11,14,30H2,2-3H3,(H,32,35)/t15-/m0/s1. The number of fused-ring (bicyclic) bond motifs is 1. The fraction of sp³-hybridized carbons (Fsp3) is 0.357. The van der Waals surface area contributed by atoms with Crippen molar-refractivity contribution in [1.82, 2.24) is 34.6 Å². The minimum Gasteiger partial charge on any atom is -0.396 e. The largest absolute Gasteiger partial charge is 0.396 e. The number of anilines is 2. The predicted octanol–water partition coefficient (Wildman–Crippen LogP) is 2.18. The van der Waals surface area contributed by atoms with Gasteiger partial charge in [-0.3, -0.25) is 14.9 Å². The van der Waals surface area contributed by atoms with Crippen LogP contribution in [0.4, 0.5) is 15.9 Å². The number of halogens is 1. The first-order chi connectivity index (χ1) is 20.5. The molecule has 1 saturated heterocycles. The van der Waals surface area contributed by atoms with Crippen molar-refractivity contribution in [1.29, 1.82) is 0 Å². The number of piperazine rings is 1. The highest BCUT2D eigenvalue weighted by Crippen LogP contribution is 2.41. The number of aromatic nitrogens is 6. The van der Waals surface area contributed by atoms with Gasteiger partial charge in [-0.2, -0.15) is 10.1 Å². The topological polar surface area (TPSA) is 173 Å². The number of amides is 1. The normalized spacial score (nSPS) is 17.7. The van der Waals surface area contributed by atoms with Gasteiger partial charge in [0, 0.05) is 44.0 Å². The van der Waals surface area contributed by atoms with Crippen molar-refractivity contribution in [3.63, 3.8) is 0 Å². The molecule has 1 saturated carbocycles. The lowest BCUT2D eigenvalue weighted by Gasteiger charge is -2.40. The zero-order valence-corrected chi connectivity index (χ0v) is 24.4. The van der Waals surface area contributed by atoms with Crippen molar-refractivity contribution in [2.24, 2.45) is 0 Å². The summed E-state index contributed by atoms with van der Waals surface area (Å²) < 4.78 is 43.1. The van der Waals surface area contributed by atoms with Gasteiger partial charge in [0.2, 0.25) is 5.91 Å². The number of H-pyrrole nitrogens is 1. The molecule has 0 aromatic carbocycles. The first kappa shape index (κ1) is 28.5. The molecule has 1 amide bonds. The maximum atomic E-state index is 15.8. The maximum Gasteiger partial charge on any atom is 0.355 e. The Hall–Kier alpha value is -4.66. The first-order valence-electron chi connectivity index (χ1n) is 13.8. The summed E-state index contributed by atoms with van der Waals surface area (Å²) in [5, 5.41) is 6.70. The minimum absolute atomic E-state index is 0.0179. The summed E-state index contributed by atoms with van der Waals surface area (Å²) in [6.07, 6.45) is 7.51. The molecule has 5 heterocycles. The van der Waals surface area contributed by atoms with Crippen molar-refractivity contribution in [2.75, 3.05) is 36.5 Å². The van der Waals surface area contributed by atoms with Crippen LogP contribution in [0.25, 0.3) is 28.1 Å². The molecule has 4 aromatic rings. The second-order valence-corrected chi connectivity index (χ2v) is 12.9. The Balaban J connectivity index is 1.66. The number of aromatic amines is 1. The molecule has 2 fully saturated rings. The molecule has 43 heavy (non-hydrogen) atoms. The zero-order chi connectivity index (χ0) is 30.6. The lowest BCUT2D eigenvalue weighted by molar-refractivity contribution is -0.126. The Labute approximate surface area is 246 Å². The van der Waals surface area contributed by atoms with E-state index < -0.39 is 21.3 Å². The van der Waals surface area contributed by atoms with E-state index in [-0.39, 0.29) is 62.4 Å². The van der Waals surface area contributed by atoms with Crippen molar-refractivity contribution in [3.05, 3.63) is 59.2 Å². The zero-order valence-electron chi connectivity index (χ0n) is 23.6. The summed E-state index contributed by atoms with van der Waals surface area (Å²) in [5.41, 5.74) is 5.75. The number of nitrogens with zero attached hydrogens (tertiary/aromatic N) is 7. The van der Waals surface area contributed by atoms with E-state index in [1.807, 2.05) is 11.8 Å². The van der Waals surface area contributed by atoms with E-state index in [1.165, 1.54) is 30.6 Å². The summed E-state index contributed by atoms with van der Waals surface area (Å²) in [7, 11) is -3.85. The van der Waals surface area contributed by atoms with Gasteiger partial charge in [-0.05, 0) is 38.0 Å². The van der Waals surface area contributed by atoms with Crippen LogP contribution in [-0.4, -0.2) is 80.9 Å². The van der Waals surface area contributed by atoms with Crippen LogP contribution in [0.2, 0.25) is 0 Å². The van der Waals surface area contributed by atoms with Gasteiger partial charge in [0.1, 0.15) is 17.2 Å². The smallest absolute Gasteiger partial charge is 0.355 e. The van der Waals surface area contributed by atoms with Crippen LogP contribution >= 0.6 is 0 Å². The van der Waals surface area contributed by atoms with E-state index >= 15 is 4.39 Å². The molecule has 4 aromatic heterocycles. The highest BCUT2D eigenvalue weighted by atomic mass is 32.2. The number of carbonyl (C=O) groups is 1. The molecule has 15 heteroatoms. The highest BCUT2D eigenvalue weighted by Gasteiger charge is 2.33. The van der Waals surface area contributed by atoms with Crippen molar-refractivity contribution in [2.45, 2.75) is 43.0 Å². The maximum absolute atomic E-state index is 15.8. The molecule has 2 aliphatic rings. The molecule has 0 radical (unpaired) electrons. The second-order valence-electron chi connectivity index (χ2n) is 10.9. The van der Waals surface area contributed by atoms with Crippen molar-refractivity contribution in [3.8, 4) is 17.1 Å². The van der Waals surface area contributed by atoms with Gasteiger partial charge in [-0.25, -0.2) is 27.2 Å². The number of nitrogens with two attached hydrogens (primary N) is 1. The van der Waals surface area contributed by atoms with Gasteiger partial charge in [-0.15, -0.1) is 0 Å². The number of rotatable bonds is 6. The predicted molar refractivity (Wildman–Crippen MR) is 158 cm³/mol. The molecule has 0 spiro atoms. The lowest BCUT2D eigenvalue weighted by atomic mass is 9.82. The summed E-state index contributed by atoms with van der Waals surface area (Å²) in [6.45, 7) is 6.37. The van der Waals surface area contributed by atoms with Crippen LogP contribution in [0, 0.1) is 5.82 Å². The van der Waals surface area contributed by atoms with Gasteiger partial charge in [0.15, 0.2) is 21.3 Å². The number of nitrogens with one attached hydrogen (secondary N) is 1. The van der Waals surface area contributed by atoms with Crippen LogP contribution in [-0.2, 0) is 14.6 Å². The molecular weight excluding hydrogens is 577 g/mol. The number of hydrogen-bond donors (Lipinski definition) is 2. The second kappa shape index (κ2) is 10.6. The average Bonchev–Trinajstić information content (AvgIpc) is 3.36. The number of pyridine rings is 2. The minimum atomic E-state index is -3.85. The number of nitrogen functional groups attached to an aromatic ring is 1. The Morgan fingerprint density at radius 2 is 2.02 bits per heavy atom. The third kappa shape index (κ3) is 4.82. The van der Waals surface area contributed by atoms with Crippen LogP contribution in [0.1, 0.15) is 37.8 Å². The van der Waals surface area contributed by atoms with E-state index in [1.54, 1.807) is 4.90 Å². The average molecular weight is 608 g/mol. The molecule has 224 valence electrons. The van der Waals surface area contributed by atoms with Crippen molar-refractivity contribution >= 4 is 38.3 Å². The van der Waals surface area contributed by atoms with Crippen LogP contribution in [0.5, 0.6) is 0 Å². The lowest BCUT2D eigenvalue weighted by Crippen LogP contribution is -2.54. The SMILES string of the molecule is C=CC(=O)N1CCN(c2nc(=O)n(-c3c(S(C)(=O)=O)ccnc3C3CCC3)c3nc(-c4[nH]ncc4N)c(F)cc23)[C@@H](C)C1. The summed E-state index contributed by atoms with van der Waals surface area (Å²) in [6, 6.07) is 2.25. The summed E-state index contributed by atoms with van der Waals surface area (Å²) in [4.78, 5) is 43.2. The third-order valence-electron chi connectivity index (χ3n) is 8.12. The Morgan fingerprint density at radius 3 is 2.63 bits per heavy atom. The number of hydrogen-bond acceptors (Lipinski definition) is 10. The van der Waals surface area contributed by atoms with Gasteiger partial charge < -0.3 is 15.5 Å².